The van der Waals surface area contributed by atoms with Crippen LogP contribution in [0, 0.1) is 0 Å². The summed E-state index contributed by atoms with van der Waals surface area (Å²) in [6, 6.07) is 5.45. The van der Waals surface area contributed by atoms with Gasteiger partial charge in [0.25, 0.3) is 0 Å². The normalized spacial score (nSPS) is 17.2. The number of hydrogen-bond acceptors (Lipinski definition) is 5. The molecule has 0 bridgehead atoms. The molecule has 2 aromatic rings. The van der Waals surface area contributed by atoms with Crippen molar-refractivity contribution < 1.29 is 35.9 Å². The zero-order valence-electron chi connectivity index (χ0n) is 17.1. The predicted octanol–water partition coefficient (Wildman–Crippen LogP) is 4.17. The largest absolute Gasteiger partial charge is 0.493 e. The van der Waals surface area contributed by atoms with E-state index in [1.165, 1.54) is 32.4 Å². The number of ether oxygens (including phenoxy) is 2. The van der Waals surface area contributed by atoms with E-state index in [1.54, 1.807) is 0 Å². The first kappa shape index (κ1) is 24.1. The summed E-state index contributed by atoms with van der Waals surface area (Å²) in [5.74, 6) is -0.237. The topological polar surface area (TPSA) is 84.9 Å². The Balaban J connectivity index is 1.88. The third-order valence-corrected chi connectivity index (χ3v) is 7.25. The van der Waals surface area contributed by atoms with Crippen LogP contribution in [-0.4, -0.2) is 45.4 Å². The number of hydrogen-bond donors (Lipinski definition) is 1. The van der Waals surface area contributed by atoms with Gasteiger partial charge in [0.1, 0.15) is 6.04 Å². The van der Waals surface area contributed by atoms with Crippen LogP contribution < -0.4 is 14.8 Å². The smallest absolute Gasteiger partial charge is 0.416 e. The molecule has 1 aliphatic heterocycles. The van der Waals surface area contributed by atoms with Gasteiger partial charge < -0.3 is 14.8 Å². The first-order valence-electron chi connectivity index (χ1n) is 9.40. The zero-order valence-corrected chi connectivity index (χ0v) is 18.6. The molecule has 1 atom stereocenters. The molecule has 1 aliphatic rings. The number of anilines is 1. The summed E-state index contributed by atoms with van der Waals surface area (Å²) in [7, 11) is -1.33. The molecule has 0 radical (unpaired) electrons. The van der Waals surface area contributed by atoms with Crippen molar-refractivity contribution in [2.24, 2.45) is 0 Å². The number of benzene rings is 2. The van der Waals surface area contributed by atoms with Gasteiger partial charge >= 0.3 is 6.18 Å². The number of methoxy groups -OCH3 is 2. The predicted molar refractivity (Wildman–Crippen MR) is 112 cm³/mol. The molecule has 3 rings (SSSR count). The lowest BCUT2D eigenvalue weighted by atomic mass is 10.1. The van der Waals surface area contributed by atoms with Gasteiger partial charge in [0.05, 0.1) is 35.4 Å². The van der Waals surface area contributed by atoms with Gasteiger partial charge in [-0.05, 0) is 43.2 Å². The van der Waals surface area contributed by atoms with Crippen LogP contribution in [0.2, 0.25) is 5.02 Å². The molecule has 174 valence electrons. The summed E-state index contributed by atoms with van der Waals surface area (Å²) in [6.07, 6.45) is -4.02. The van der Waals surface area contributed by atoms with Crippen molar-refractivity contribution in [2.45, 2.75) is 30.0 Å². The second kappa shape index (κ2) is 9.16. The number of alkyl halides is 3. The summed E-state index contributed by atoms with van der Waals surface area (Å²) in [4.78, 5) is 12.7. The van der Waals surface area contributed by atoms with E-state index in [2.05, 4.69) is 5.32 Å². The van der Waals surface area contributed by atoms with E-state index in [-0.39, 0.29) is 34.3 Å². The summed E-state index contributed by atoms with van der Waals surface area (Å²) in [6.45, 7) is 0.0745. The Labute approximate surface area is 188 Å². The highest BCUT2D eigenvalue weighted by Gasteiger charge is 2.40. The van der Waals surface area contributed by atoms with E-state index in [9.17, 15) is 26.4 Å². The van der Waals surface area contributed by atoms with Crippen LogP contribution in [0.3, 0.4) is 0 Å². The van der Waals surface area contributed by atoms with E-state index >= 15 is 0 Å². The van der Waals surface area contributed by atoms with E-state index in [4.69, 9.17) is 21.1 Å². The molecular formula is C20H20ClF3N2O5S. The maximum absolute atomic E-state index is 13.2. The lowest BCUT2D eigenvalue weighted by molar-refractivity contribution is -0.137. The number of amides is 1. The molecule has 0 aliphatic carbocycles. The standard InChI is InChI=1S/C20H20ClF3N2O5S/c1-30-17-8-6-13(11-18(17)31-2)32(28,29)26-9-3-4-16(26)19(27)25-15-10-12(20(22,23)24)5-7-14(15)21/h5-8,10-11,16H,3-4,9H2,1-2H3,(H,25,27). The summed E-state index contributed by atoms with van der Waals surface area (Å²) in [5.41, 5.74) is -1.24. The van der Waals surface area contributed by atoms with Gasteiger partial charge in [-0.25, -0.2) is 8.42 Å². The van der Waals surface area contributed by atoms with Crippen molar-refractivity contribution in [3.63, 3.8) is 0 Å². The first-order chi connectivity index (χ1) is 15.0. The van der Waals surface area contributed by atoms with Gasteiger partial charge in [-0.2, -0.15) is 17.5 Å². The molecule has 1 N–H and O–H groups in total. The van der Waals surface area contributed by atoms with Gasteiger partial charge in [-0.3, -0.25) is 4.79 Å². The highest BCUT2D eigenvalue weighted by Crippen LogP contribution is 2.36. The number of carbonyl (C=O) groups excluding carboxylic acids is 1. The highest BCUT2D eigenvalue weighted by atomic mass is 35.5. The lowest BCUT2D eigenvalue weighted by Crippen LogP contribution is -2.43. The van der Waals surface area contributed by atoms with Crippen LogP contribution in [-0.2, 0) is 21.0 Å². The molecule has 0 saturated carbocycles. The van der Waals surface area contributed by atoms with Gasteiger partial charge in [-0.15, -0.1) is 0 Å². The van der Waals surface area contributed by atoms with Crippen molar-refractivity contribution in [1.82, 2.24) is 4.31 Å². The Bertz CT molecular complexity index is 1120. The third-order valence-electron chi connectivity index (χ3n) is 5.02. The fourth-order valence-corrected chi connectivity index (χ4v) is 5.25. The monoisotopic (exact) mass is 492 g/mol. The fraction of sp³-hybridized carbons (Fsp3) is 0.350. The average molecular weight is 493 g/mol. The van der Waals surface area contributed by atoms with Crippen LogP contribution in [0.1, 0.15) is 18.4 Å². The van der Waals surface area contributed by atoms with E-state index in [0.29, 0.717) is 18.2 Å². The Morgan fingerprint density at radius 1 is 1.12 bits per heavy atom. The molecule has 0 spiro atoms. The van der Waals surface area contributed by atoms with Gasteiger partial charge in [0, 0.05) is 12.6 Å². The molecule has 1 fully saturated rings. The van der Waals surface area contributed by atoms with Crippen molar-refractivity contribution in [1.29, 1.82) is 0 Å². The van der Waals surface area contributed by atoms with Crippen LogP contribution in [0.25, 0.3) is 0 Å². The van der Waals surface area contributed by atoms with Crippen LogP contribution in [0.4, 0.5) is 18.9 Å². The second-order valence-corrected chi connectivity index (χ2v) is 9.27. The number of sulfonamides is 1. The molecule has 7 nitrogen and oxygen atoms in total. The molecule has 12 heteroatoms. The average Bonchev–Trinajstić information content (AvgIpc) is 3.25. The SMILES string of the molecule is COc1ccc(S(=O)(=O)N2CCCC2C(=O)Nc2cc(C(F)(F)F)ccc2Cl)cc1OC. The van der Waals surface area contributed by atoms with Crippen molar-refractivity contribution >= 4 is 33.2 Å². The second-order valence-electron chi connectivity index (χ2n) is 6.97. The third kappa shape index (κ3) is 4.79. The molecule has 1 unspecified atom stereocenters. The first-order valence-corrected chi connectivity index (χ1v) is 11.2. The van der Waals surface area contributed by atoms with Gasteiger partial charge in [0.2, 0.25) is 15.9 Å². The zero-order chi connectivity index (χ0) is 23.7. The fourth-order valence-electron chi connectivity index (χ4n) is 3.42. The molecular weight excluding hydrogens is 473 g/mol. The molecule has 1 saturated heterocycles. The van der Waals surface area contributed by atoms with Crippen LogP contribution in [0.15, 0.2) is 41.3 Å². The van der Waals surface area contributed by atoms with Crippen molar-refractivity contribution in [3.8, 4) is 11.5 Å². The Morgan fingerprint density at radius 2 is 1.81 bits per heavy atom. The Kier molecular flexibility index (Phi) is 6.91. The van der Waals surface area contributed by atoms with E-state index in [0.717, 1.165) is 16.4 Å². The molecule has 0 aromatic heterocycles. The number of carbonyl (C=O) groups is 1. The van der Waals surface area contributed by atoms with Crippen molar-refractivity contribution in [3.05, 3.63) is 47.0 Å². The maximum Gasteiger partial charge on any atom is 0.416 e. The lowest BCUT2D eigenvalue weighted by Gasteiger charge is -2.24. The van der Waals surface area contributed by atoms with E-state index < -0.39 is 33.7 Å². The van der Waals surface area contributed by atoms with Gasteiger partial charge in [0.15, 0.2) is 11.5 Å². The molecule has 1 heterocycles. The van der Waals surface area contributed by atoms with Gasteiger partial charge in [-0.1, -0.05) is 11.6 Å². The molecule has 2 aromatic carbocycles. The number of halogens is 4. The molecule has 32 heavy (non-hydrogen) atoms. The Hall–Kier alpha value is -2.50. The quantitative estimate of drug-likeness (QED) is 0.654. The number of rotatable bonds is 6. The summed E-state index contributed by atoms with van der Waals surface area (Å²) < 4.78 is 76.7. The number of nitrogens with zero attached hydrogens (tertiary/aromatic N) is 1. The van der Waals surface area contributed by atoms with Crippen molar-refractivity contribution in [2.75, 3.05) is 26.1 Å². The summed E-state index contributed by atoms with van der Waals surface area (Å²) in [5, 5.41) is 2.24. The minimum atomic E-state index is -4.62. The molecule has 1 amide bonds. The minimum absolute atomic E-state index is 0.0745. The summed E-state index contributed by atoms with van der Waals surface area (Å²) >= 11 is 5.94. The van der Waals surface area contributed by atoms with Crippen LogP contribution >= 0.6 is 11.6 Å². The maximum atomic E-state index is 13.2. The van der Waals surface area contributed by atoms with Crippen LogP contribution in [0.5, 0.6) is 11.5 Å². The highest BCUT2D eigenvalue weighted by molar-refractivity contribution is 7.89. The Morgan fingerprint density at radius 3 is 2.44 bits per heavy atom. The minimum Gasteiger partial charge on any atom is -0.493 e. The number of nitrogens with one attached hydrogen (secondary N) is 1. The van der Waals surface area contributed by atoms with E-state index in [1.807, 2.05) is 0 Å².